The van der Waals surface area contributed by atoms with Gasteiger partial charge in [-0.15, -0.1) is 10.2 Å². The fraction of sp³-hybridized carbons (Fsp3) is 0.267. The summed E-state index contributed by atoms with van der Waals surface area (Å²) in [5.41, 5.74) is 3.31. The van der Waals surface area contributed by atoms with Gasteiger partial charge < -0.3 is 4.74 Å². The van der Waals surface area contributed by atoms with Gasteiger partial charge in [-0.3, -0.25) is 0 Å². The van der Waals surface area contributed by atoms with Gasteiger partial charge in [-0.25, -0.2) is 4.39 Å². The number of benzene rings is 1. The van der Waals surface area contributed by atoms with E-state index in [1.54, 1.807) is 13.2 Å². The Labute approximate surface area is 121 Å². The first-order valence-corrected chi connectivity index (χ1v) is 6.63. The molecule has 0 spiro atoms. The van der Waals surface area contributed by atoms with Crippen LogP contribution in [0.15, 0.2) is 36.4 Å². The van der Waals surface area contributed by atoms with Crippen molar-refractivity contribution in [3.63, 3.8) is 0 Å². The Kier molecular flexibility index (Phi) is 3.62. The van der Waals surface area contributed by atoms with Gasteiger partial charge in [0.25, 0.3) is 0 Å². The Hall–Kier alpha value is -2.34. The van der Waals surface area contributed by atoms with Crippen LogP contribution in [0.4, 0.5) is 4.39 Å². The van der Waals surface area contributed by atoms with Crippen molar-refractivity contribution in [1.29, 1.82) is 0 Å². The number of halogens is 1. The number of methoxy groups -OCH3 is 1. The second kappa shape index (κ2) is 5.57. The average Bonchev–Trinajstić information content (AvgIpc) is 2.91. The zero-order chi connectivity index (χ0) is 14.8. The van der Waals surface area contributed by atoms with E-state index >= 15 is 0 Å². The van der Waals surface area contributed by atoms with E-state index in [-0.39, 0.29) is 5.82 Å². The smallest absolute Gasteiger partial charge is 0.188 e. The van der Waals surface area contributed by atoms with E-state index in [0.717, 1.165) is 16.8 Å². The Bertz CT molecular complexity index is 752. The zero-order valence-corrected chi connectivity index (χ0v) is 11.8. The SMILES string of the molecule is COCc1ccc(-c2ccc3nnc(C(C)F)n3n2)cc1. The van der Waals surface area contributed by atoms with Gasteiger partial charge in [0.1, 0.15) is 0 Å². The van der Waals surface area contributed by atoms with Gasteiger partial charge >= 0.3 is 0 Å². The van der Waals surface area contributed by atoms with Gasteiger partial charge in [0.2, 0.25) is 0 Å². The molecule has 108 valence electrons. The van der Waals surface area contributed by atoms with Crippen LogP contribution in [0.3, 0.4) is 0 Å². The van der Waals surface area contributed by atoms with Crippen LogP contribution >= 0.6 is 0 Å². The number of nitrogens with zero attached hydrogens (tertiary/aromatic N) is 4. The fourth-order valence-corrected chi connectivity index (χ4v) is 2.15. The highest BCUT2D eigenvalue weighted by Crippen LogP contribution is 2.20. The topological polar surface area (TPSA) is 52.3 Å². The molecule has 0 bridgehead atoms. The molecule has 1 atom stereocenters. The van der Waals surface area contributed by atoms with Crippen molar-refractivity contribution in [3.05, 3.63) is 47.8 Å². The number of alkyl halides is 1. The Morgan fingerprint density at radius 3 is 2.57 bits per heavy atom. The maximum atomic E-state index is 13.5. The molecule has 1 aromatic carbocycles. The lowest BCUT2D eigenvalue weighted by Gasteiger charge is -2.05. The van der Waals surface area contributed by atoms with Crippen LogP contribution in [-0.4, -0.2) is 26.9 Å². The standard InChI is InChI=1S/C15H15FN4O/c1-10(16)15-18-17-14-8-7-13(19-20(14)15)12-5-3-11(4-6-12)9-21-2/h3-8,10H,9H2,1-2H3. The third kappa shape index (κ3) is 2.62. The van der Waals surface area contributed by atoms with E-state index in [4.69, 9.17) is 4.74 Å². The lowest BCUT2D eigenvalue weighted by molar-refractivity contribution is 0.185. The van der Waals surface area contributed by atoms with Gasteiger partial charge in [0, 0.05) is 12.7 Å². The molecule has 3 rings (SSSR count). The Morgan fingerprint density at radius 2 is 1.90 bits per heavy atom. The molecule has 3 aromatic rings. The molecule has 2 aromatic heterocycles. The molecule has 5 nitrogen and oxygen atoms in total. The number of fused-ring (bicyclic) bond motifs is 1. The minimum atomic E-state index is -1.22. The normalized spacial score (nSPS) is 12.7. The van der Waals surface area contributed by atoms with Crippen LogP contribution < -0.4 is 0 Å². The number of hydrogen-bond donors (Lipinski definition) is 0. The first-order chi connectivity index (χ1) is 10.2. The van der Waals surface area contributed by atoms with Crippen molar-refractivity contribution in [2.75, 3.05) is 7.11 Å². The van der Waals surface area contributed by atoms with E-state index in [9.17, 15) is 4.39 Å². The third-order valence-corrected chi connectivity index (χ3v) is 3.20. The van der Waals surface area contributed by atoms with Gasteiger partial charge in [-0.2, -0.15) is 9.61 Å². The van der Waals surface area contributed by atoms with E-state index in [1.807, 2.05) is 30.3 Å². The Morgan fingerprint density at radius 1 is 1.14 bits per heavy atom. The molecular weight excluding hydrogens is 271 g/mol. The van der Waals surface area contributed by atoms with Crippen LogP contribution in [0, 0.1) is 0 Å². The number of rotatable bonds is 4. The highest BCUT2D eigenvalue weighted by molar-refractivity contribution is 5.60. The predicted molar refractivity (Wildman–Crippen MR) is 76.5 cm³/mol. The van der Waals surface area contributed by atoms with Crippen molar-refractivity contribution >= 4 is 5.65 Å². The summed E-state index contributed by atoms with van der Waals surface area (Å²) in [6.07, 6.45) is -1.22. The van der Waals surface area contributed by atoms with Crippen LogP contribution in [-0.2, 0) is 11.3 Å². The van der Waals surface area contributed by atoms with E-state index in [2.05, 4.69) is 15.3 Å². The molecule has 0 aliphatic heterocycles. The summed E-state index contributed by atoms with van der Waals surface area (Å²) >= 11 is 0. The first kappa shape index (κ1) is 13.6. The third-order valence-electron chi connectivity index (χ3n) is 3.20. The molecular formula is C15H15FN4O. The summed E-state index contributed by atoms with van der Waals surface area (Å²) in [4.78, 5) is 0. The molecule has 0 fully saturated rings. The largest absolute Gasteiger partial charge is 0.380 e. The van der Waals surface area contributed by atoms with E-state index < -0.39 is 6.17 Å². The monoisotopic (exact) mass is 286 g/mol. The lowest BCUT2D eigenvalue weighted by Crippen LogP contribution is -2.01. The van der Waals surface area contributed by atoms with Crippen LogP contribution in [0.5, 0.6) is 0 Å². The number of ether oxygens (including phenoxy) is 1. The molecule has 0 saturated heterocycles. The van der Waals surface area contributed by atoms with Crippen LogP contribution in [0.1, 0.15) is 24.5 Å². The maximum Gasteiger partial charge on any atom is 0.188 e. The molecule has 0 aliphatic rings. The summed E-state index contributed by atoms with van der Waals surface area (Å²) in [5.74, 6) is 0.211. The van der Waals surface area contributed by atoms with Crippen LogP contribution in [0.2, 0.25) is 0 Å². The highest BCUT2D eigenvalue weighted by Gasteiger charge is 2.14. The molecule has 0 N–H and O–H groups in total. The summed E-state index contributed by atoms with van der Waals surface area (Å²) in [7, 11) is 1.66. The molecule has 0 aliphatic carbocycles. The van der Waals surface area contributed by atoms with Crippen LogP contribution in [0.25, 0.3) is 16.9 Å². The minimum Gasteiger partial charge on any atom is -0.380 e. The fourth-order valence-electron chi connectivity index (χ4n) is 2.15. The molecule has 0 radical (unpaired) electrons. The number of hydrogen-bond acceptors (Lipinski definition) is 4. The van der Waals surface area contributed by atoms with Gasteiger partial charge in [-0.05, 0) is 24.6 Å². The summed E-state index contributed by atoms with van der Waals surface area (Å²) in [6, 6.07) is 11.5. The maximum absolute atomic E-state index is 13.5. The molecule has 21 heavy (non-hydrogen) atoms. The highest BCUT2D eigenvalue weighted by atomic mass is 19.1. The van der Waals surface area contributed by atoms with E-state index in [1.165, 1.54) is 11.4 Å². The molecule has 0 saturated carbocycles. The second-order valence-electron chi connectivity index (χ2n) is 4.79. The van der Waals surface area contributed by atoms with Gasteiger partial charge in [0.05, 0.1) is 12.3 Å². The molecule has 2 heterocycles. The van der Waals surface area contributed by atoms with Gasteiger partial charge in [0.15, 0.2) is 17.6 Å². The average molecular weight is 286 g/mol. The van der Waals surface area contributed by atoms with Crippen molar-refractivity contribution in [2.45, 2.75) is 19.7 Å². The van der Waals surface area contributed by atoms with Crippen molar-refractivity contribution in [2.24, 2.45) is 0 Å². The van der Waals surface area contributed by atoms with Crippen molar-refractivity contribution < 1.29 is 9.13 Å². The quantitative estimate of drug-likeness (QED) is 0.740. The molecule has 6 heteroatoms. The summed E-state index contributed by atoms with van der Waals surface area (Å²) in [5, 5.41) is 12.2. The van der Waals surface area contributed by atoms with Gasteiger partial charge in [-0.1, -0.05) is 24.3 Å². The van der Waals surface area contributed by atoms with E-state index in [0.29, 0.717) is 12.3 Å². The predicted octanol–water partition coefficient (Wildman–Crippen LogP) is 2.97. The van der Waals surface area contributed by atoms with Crippen molar-refractivity contribution in [1.82, 2.24) is 19.8 Å². The Balaban J connectivity index is 2.01. The molecule has 1 unspecified atom stereocenters. The first-order valence-electron chi connectivity index (χ1n) is 6.63. The summed E-state index contributed by atoms with van der Waals surface area (Å²) < 4.78 is 20.0. The summed E-state index contributed by atoms with van der Waals surface area (Å²) in [6.45, 7) is 1.99. The second-order valence-corrected chi connectivity index (χ2v) is 4.79. The molecule has 0 amide bonds. The minimum absolute atomic E-state index is 0.211. The van der Waals surface area contributed by atoms with Crippen molar-refractivity contribution in [3.8, 4) is 11.3 Å². The number of aromatic nitrogens is 4. The zero-order valence-electron chi connectivity index (χ0n) is 11.8. The lowest BCUT2D eigenvalue weighted by atomic mass is 10.1.